The monoisotopic (exact) mass is 279 g/mol. The maximum Gasteiger partial charge on any atom is 0.371 e. The SMILES string of the molecule is Cc1[nH][nH]c(=O)c1CC(=O)NCc1ccc(C(=O)O)o1. The van der Waals surface area contributed by atoms with E-state index in [1.54, 1.807) is 6.92 Å². The second kappa shape index (κ2) is 5.47. The first-order chi connectivity index (χ1) is 9.47. The second-order valence-electron chi connectivity index (χ2n) is 4.21. The minimum Gasteiger partial charge on any atom is -0.475 e. The Hall–Kier alpha value is -2.77. The van der Waals surface area contributed by atoms with E-state index in [4.69, 9.17) is 9.52 Å². The van der Waals surface area contributed by atoms with E-state index in [1.807, 2.05) is 0 Å². The average molecular weight is 279 g/mol. The highest BCUT2D eigenvalue weighted by molar-refractivity contribution is 5.84. The number of hydrogen-bond donors (Lipinski definition) is 4. The first-order valence-electron chi connectivity index (χ1n) is 5.82. The zero-order valence-electron chi connectivity index (χ0n) is 10.6. The molecule has 1 amide bonds. The molecule has 0 atom stereocenters. The summed E-state index contributed by atoms with van der Waals surface area (Å²) >= 11 is 0. The smallest absolute Gasteiger partial charge is 0.371 e. The molecule has 8 nitrogen and oxygen atoms in total. The van der Waals surface area contributed by atoms with Crippen molar-refractivity contribution in [3.05, 3.63) is 45.3 Å². The lowest BCUT2D eigenvalue weighted by Crippen LogP contribution is -2.26. The van der Waals surface area contributed by atoms with Gasteiger partial charge in [-0.1, -0.05) is 0 Å². The molecule has 0 radical (unpaired) electrons. The Morgan fingerprint density at radius 2 is 2.10 bits per heavy atom. The van der Waals surface area contributed by atoms with Crippen LogP contribution in [0.25, 0.3) is 0 Å². The van der Waals surface area contributed by atoms with Gasteiger partial charge in [-0.2, -0.15) is 0 Å². The van der Waals surface area contributed by atoms with Crippen LogP contribution in [0, 0.1) is 6.92 Å². The summed E-state index contributed by atoms with van der Waals surface area (Å²) in [5.41, 5.74) is 0.647. The number of aromatic nitrogens is 2. The van der Waals surface area contributed by atoms with Crippen molar-refractivity contribution in [2.45, 2.75) is 19.9 Å². The molecule has 0 aliphatic rings. The molecule has 2 heterocycles. The zero-order valence-corrected chi connectivity index (χ0v) is 10.6. The highest BCUT2D eigenvalue weighted by Crippen LogP contribution is 2.07. The van der Waals surface area contributed by atoms with Crippen molar-refractivity contribution in [3.8, 4) is 0 Å². The van der Waals surface area contributed by atoms with E-state index in [0.717, 1.165) is 0 Å². The Morgan fingerprint density at radius 1 is 1.35 bits per heavy atom. The van der Waals surface area contributed by atoms with E-state index in [1.165, 1.54) is 12.1 Å². The number of carboxylic acid groups (broad SMARTS) is 1. The van der Waals surface area contributed by atoms with Crippen LogP contribution >= 0.6 is 0 Å². The topological polar surface area (TPSA) is 128 Å². The number of H-pyrrole nitrogens is 2. The second-order valence-corrected chi connectivity index (χ2v) is 4.21. The molecule has 0 aliphatic carbocycles. The summed E-state index contributed by atoms with van der Waals surface area (Å²) in [5.74, 6) is -1.38. The lowest BCUT2D eigenvalue weighted by atomic mass is 10.2. The average Bonchev–Trinajstić information content (AvgIpc) is 2.98. The van der Waals surface area contributed by atoms with Crippen LogP contribution in [-0.4, -0.2) is 27.2 Å². The summed E-state index contributed by atoms with van der Waals surface area (Å²) in [6, 6.07) is 2.78. The van der Waals surface area contributed by atoms with Gasteiger partial charge in [0.1, 0.15) is 5.76 Å². The normalized spacial score (nSPS) is 10.4. The van der Waals surface area contributed by atoms with Gasteiger partial charge in [-0.25, -0.2) is 4.79 Å². The van der Waals surface area contributed by atoms with Crippen LogP contribution in [0.5, 0.6) is 0 Å². The fraction of sp³-hybridized carbons (Fsp3) is 0.250. The predicted octanol–water partition coefficient (Wildman–Crippen LogP) is 0.162. The molecular formula is C12H13N3O5. The van der Waals surface area contributed by atoms with E-state index in [2.05, 4.69) is 15.5 Å². The number of furan rings is 1. The third-order valence-corrected chi connectivity index (χ3v) is 2.76. The molecule has 0 saturated heterocycles. The van der Waals surface area contributed by atoms with Crippen molar-refractivity contribution in [1.82, 2.24) is 15.5 Å². The number of amides is 1. The molecule has 8 heteroatoms. The van der Waals surface area contributed by atoms with Gasteiger partial charge in [0.05, 0.1) is 13.0 Å². The number of rotatable bonds is 5. The molecule has 0 aromatic carbocycles. The molecule has 0 saturated carbocycles. The van der Waals surface area contributed by atoms with Gasteiger partial charge < -0.3 is 19.9 Å². The Bertz CT molecular complexity index is 694. The molecule has 2 aromatic rings. The summed E-state index contributed by atoms with van der Waals surface area (Å²) in [5, 5.41) is 16.3. The Kier molecular flexibility index (Phi) is 3.74. The van der Waals surface area contributed by atoms with Crippen molar-refractivity contribution in [3.63, 3.8) is 0 Å². The van der Waals surface area contributed by atoms with Gasteiger partial charge in [0, 0.05) is 11.3 Å². The lowest BCUT2D eigenvalue weighted by molar-refractivity contribution is -0.120. The Balaban J connectivity index is 1.92. The third kappa shape index (κ3) is 2.97. The van der Waals surface area contributed by atoms with E-state index in [9.17, 15) is 14.4 Å². The van der Waals surface area contributed by atoms with Crippen LogP contribution in [0.1, 0.15) is 27.6 Å². The van der Waals surface area contributed by atoms with Gasteiger partial charge in [0.2, 0.25) is 11.7 Å². The van der Waals surface area contributed by atoms with Crippen molar-refractivity contribution >= 4 is 11.9 Å². The Morgan fingerprint density at radius 3 is 2.65 bits per heavy atom. The molecule has 20 heavy (non-hydrogen) atoms. The van der Waals surface area contributed by atoms with Crippen LogP contribution in [0.15, 0.2) is 21.3 Å². The van der Waals surface area contributed by atoms with Crippen LogP contribution in [0.4, 0.5) is 0 Å². The number of carbonyl (C=O) groups excluding carboxylic acids is 1. The fourth-order valence-corrected chi connectivity index (χ4v) is 1.68. The summed E-state index contributed by atoms with van der Waals surface area (Å²) in [6.45, 7) is 1.75. The first kappa shape index (κ1) is 13.7. The lowest BCUT2D eigenvalue weighted by Gasteiger charge is -2.02. The minimum atomic E-state index is -1.17. The van der Waals surface area contributed by atoms with E-state index in [0.29, 0.717) is 17.0 Å². The standard InChI is InChI=1S/C12H13N3O5/c1-6-8(11(17)15-14-6)4-10(16)13-5-7-2-3-9(20-7)12(18)19/h2-3H,4-5H2,1H3,(H,13,16)(H,18,19)(H2,14,15,17). The Labute approximate surface area is 112 Å². The number of aryl methyl sites for hydroxylation is 1. The number of carbonyl (C=O) groups is 2. The fourth-order valence-electron chi connectivity index (χ4n) is 1.68. The van der Waals surface area contributed by atoms with Crippen molar-refractivity contribution in [1.29, 1.82) is 0 Å². The van der Waals surface area contributed by atoms with Gasteiger partial charge in [-0.3, -0.25) is 14.7 Å². The van der Waals surface area contributed by atoms with Gasteiger partial charge in [-0.05, 0) is 19.1 Å². The van der Waals surface area contributed by atoms with Gasteiger partial charge in [0.25, 0.3) is 5.56 Å². The minimum absolute atomic E-state index is 0.0584. The zero-order chi connectivity index (χ0) is 14.7. The quantitative estimate of drug-likeness (QED) is 0.619. The number of carboxylic acids is 1. The molecule has 2 aromatic heterocycles. The maximum absolute atomic E-state index is 11.7. The van der Waals surface area contributed by atoms with Gasteiger partial charge in [0.15, 0.2) is 0 Å². The predicted molar refractivity (Wildman–Crippen MR) is 67.4 cm³/mol. The van der Waals surface area contributed by atoms with Gasteiger partial charge in [-0.15, -0.1) is 0 Å². The summed E-state index contributed by atoms with van der Waals surface area (Å²) in [6.07, 6.45) is -0.0584. The van der Waals surface area contributed by atoms with Crippen LogP contribution in [0.2, 0.25) is 0 Å². The third-order valence-electron chi connectivity index (χ3n) is 2.76. The summed E-state index contributed by atoms with van der Waals surface area (Å²) in [7, 11) is 0. The molecular weight excluding hydrogens is 266 g/mol. The number of hydrogen-bond acceptors (Lipinski definition) is 4. The van der Waals surface area contributed by atoms with E-state index >= 15 is 0 Å². The van der Waals surface area contributed by atoms with Gasteiger partial charge >= 0.3 is 5.97 Å². The number of aromatic carboxylic acids is 1. The molecule has 4 N–H and O–H groups in total. The summed E-state index contributed by atoms with van der Waals surface area (Å²) in [4.78, 5) is 33.7. The van der Waals surface area contributed by atoms with Crippen LogP contribution in [0.3, 0.4) is 0 Å². The number of nitrogens with one attached hydrogen (secondary N) is 3. The van der Waals surface area contributed by atoms with Crippen molar-refractivity contribution in [2.75, 3.05) is 0 Å². The van der Waals surface area contributed by atoms with E-state index < -0.39 is 5.97 Å². The molecule has 2 rings (SSSR count). The molecule has 0 aliphatic heterocycles. The largest absolute Gasteiger partial charge is 0.475 e. The summed E-state index contributed by atoms with van der Waals surface area (Å²) < 4.78 is 4.99. The molecule has 0 fully saturated rings. The first-order valence-corrected chi connectivity index (χ1v) is 5.82. The molecule has 106 valence electrons. The van der Waals surface area contributed by atoms with Crippen LogP contribution < -0.4 is 10.9 Å². The maximum atomic E-state index is 11.7. The van der Waals surface area contributed by atoms with Crippen molar-refractivity contribution < 1.29 is 19.1 Å². The highest BCUT2D eigenvalue weighted by atomic mass is 16.4. The molecule has 0 unspecified atom stereocenters. The highest BCUT2D eigenvalue weighted by Gasteiger charge is 2.13. The number of aromatic amines is 2. The molecule has 0 bridgehead atoms. The molecule has 0 spiro atoms. The van der Waals surface area contributed by atoms with E-state index in [-0.39, 0.29) is 30.2 Å². The van der Waals surface area contributed by atoms with Crippen LogP contribution in [-0.2, 0) is 17.8 Å². The van der Waals surface area contributed by atoms with Crippen molar-refractivity contribution in [2.24, 2.45) is 0 Å².